The van der Waals surface area contributed by atoms with Gasteiger partial charge in [-0.2, -0.15) is 0 Å². The number of sulfonamides is 1. The zero-order chi connectivity index (χ0) is 23.8. The first-order valence-corrected chi connectivity index (χ1v) is 12.2. The number of nitrogens with one attached hydrogen (secondary N) is 2. The molecule has 4 aromatic carbocycles. The van der Waals surface area contributed by atoms with E-state index in [4.69, 9.17) is 4.74 Å². The Morgan fingerprint density at radius 2 is 1.24 bits per heavy atom. The molecule has 0 saturated heterocycles. The van der Waals surface area contributed by atoms with Crippen molar-refractivity contribution in [3.8, 4) is 0 Å². The number of hydrogen-bond donors (Lipinski definition) is 2. The molecule has 0 aromatic heterocycles. The molecule has 34 heavy (non-hydrogen) atoms. The van der Waals surface area contributed by atoms with E-state index in [1.807, 2.05) is 60.7 Å². The van der Waals surface area contributed by atoms with E-state index in [0.717, 1.165) is 11.1 Å². The van der Waals surface area contributed by atoms with Crippen LogP contribution in [0.1, 0.15) is 17.2 Å². The van der Waals surface area contributed by atoms with Crippen LogP contribution in [0.25, 0.3) is 0 Å². The third kappa shape index (κ3) is 6.10. The molecule has 0 spiro atoms. The molecule has 0 heterocycles. The van der Waals surface area contributed by atoms with E-state index in [1.165, 1.54) is 12.1 Å². The second kappa shape index (κ2) is 10.8. The summed E-state index contributed by atoms with van der Waals surface area (Å²) in [6, 6.07) is 34.0. The summed E-state index contributed by atoms with van der Waals surface area (Å²) in [6.45, 7) is -0.172. The Kier molecular flexibility index (Phi) is 7.37. The van der Waals surface area contributed by atoms with Gasteiger partial charge in [-0.25, -0.2) is 8.42 Å². The molecule has 0 radical (unpaired) electrons. The summed E-state index contributed by atoms with van der Waals surface area (Å²) in [5, 5.41) is 2.77. The molecule has 7 heteroatoms. The van der Waals surface area contributed by atoms with Gasteiger partial charge in [0, 0.05) is 5.69 Å². The quantitative estimate of drug-likeness (QED) is 0.349. The van der Waals surface area contributed by atoms with E-state index in [2.05, 4.69) is 10.0 Å². The Bertz CT molecular complexity index is 1290. The Balaban J connectivity index is 1.42. The Morgan fingerprint density at radius 1 is 0.706 bits per heavy atom. The number of carbonyl (C=O) groups is 1. The fraction of sp³-hybridized carbons (Fsp3) is 0.0741. The highest BCUT2D eigenvalue weighted by Crippen LogP contribution is 2.26. The lowest BCUT2D eigenvalue weighted by Gasteiger charge is -2.19. The van der Waals surface area contributed by atoms with Crippen molar-refractivity contribution in [1.29, 1.82) is 0 Å². The summed E-state index contributed by atoms with van der Waals surface area (Å²) in [5.41, 5.74) is 2.68. The zero-order valence-electron chi connectivity index (χ0n) is 18.3. The topological polar surface area (TPSA) is 84.5 Å². The van der Waals surface area contributed by atoms with Gasteiger partial charge in [0.1, 0.15) is 12.7 Å². The van der Waals surface area contributed by atoms with Crippen molar-refractivity contribution in [3.63, 3.8) is 0 Å². The van der Waals surface area contributed by atoms with Gasteiger partial charge in [0.25, 0.3) is 10.0 Å². The van der Waals surface area contributed by atoms with Crippen LogP contribution in [0, 0.1) is 0 Å². The number of rotatable bonds is 9. The summed E-state index contributed by atoms with van der Waals surface area (Å²) in [6.07, 6.45) is -0.392. The van der Waals surface area contributed by atoms with Crippen molar-refractivity contribution in [2.75, 3.05) is 16.6 Å². The molecule has 2 N–H and O–H groups in total. The first-order chi connectivity index (χ1) is 16.5. The van der Waals surface area contributed by atoms with Crippen LogP contribution < -0.4 is 10.0 Å². The molecule has 0 aliphatic rings. The molecule has 0 aliphatic carbocycles. The van der Waals surface area contributed by atoms with Crippen LogP contribution in [-0.2, 0) is 19.6 Å². The number of ether oxygens (including phenoxy) is 1. The maximum absolute atomic E-state index is 12.6. The summed E-state index contributed by atoms with van der Waals surface area (Å²) in [7, 11) is -3.73. The summed E-state index contributed by atoms with van der Waals surface area (Å²) in [5.74, 6) is -0.347. The third-order valence-electron chi connectivity index (χ3n) is 5.04. The Morgan fingerprint density at radius 3 is 1.82 bits per heavy atom. The fourth-order valence-electron chi connectivity index (χ4n) is 3.47. The first-order valence-electron chi connectivity index (χ1n) is 10.7. The minimum Gasteiger partial charge on any atom is -0.359 e. The van der Waals surface area contributed by atoms with Gasteiger partial charge in [0.2, 0.25) is 5.91 Å². The van der Waals surface area contributed by atoms with Crippen molar-refractivity contribution in [2.45, 2.75) is 11.0 Å². The molecule has 0 unspecified atom stereocenters. The molecule has 0 aliphatic heterocycles. The van der Waals surface area contributed by atoms with E-state index in [0.29, 0.717) is 11.4 Å². The average Bonchev–Trinajstić information content (AvgIpc) is 2.86. The van der Waals surface area contributed by atoms with Crippen molar-refractivity contribution in [2.24, 2.45) is 0 Å². The van der Waals surface area contributed by atoms with E-state index < -0.39 is 16.1 Å². The van der Waals surface area contributed by atoms with Gasteiger partial charge in [-0.15, -0.1) is 0 Å². The molecule has 172 valence electrons. The molecule has 0 saturated carbocycles. The van der Waals surface area contributed by atoms with Crippen molar-refractivity contribution >= 4 is 27.3 Å². The van der Waals surface area contributed by atoms with Gasteiger partial charge in [-0.3, -0.25) is 9.52 Å². The largest absolute Gasteiger partial charge is 0.359 e. The maximum atomic E-state index is 12.6. The van der Waals surface area contributed by atoms with Crippen LogP contribution in [0.4, 0.5) is 11.4 Å². The number of hydrogen-bond acceptors (Lipinski definition) is 4. The SMILES string of the molecule is O=C(COC(c1ccccc1)c1ccccc1)Nc1cccc(NS(=O)(=O)c2ccccc2)c1. The monoisotopic (exact) mass is 472 g/mol. The Hall–Kier alpha value is -3.94. The highest BCUT2D eigenvalue weighted by atomic mass is 32.2. The molecule has 4 aromatic rings. The highest BCUT2D eigenvalue weighted by Gasteiger charge is 2.17. The van der Waals surface area contributed by atoms with Crippen LogP contribution in [-0.4, -0.2) is 20.9 Å². The summed E-state index contributed by atoms with van der Waals surface area (Å²) < 4.78 is 33.7. The predicted octanol–water partition coefficient (Wildman–Crippen LogP) is 5.23. The number of benzene rings is 4. The van der Waals surface area contributed by atoms with Crippen LogP contribution in [0.2, 0.25) is 0 Å². The summed E-state index contributed by atoms with van der Waals surface area (Å²) >= 11 is 0. The van der Waals surface area contributed by atoms with E-state index in [1.54, 1.807) is 42.5 Å². The molecular weight excluding hydrogens is 448 g/mol. The molecule has 1 amide bonds. The molecule has 6 nitrogen and oxygen atoms in total. The number of amides is 1. The minimum atomic E-state index is -3.73. The van der Waals surface area contributed by atoms with Crippen LogP contribution >= 0.6 is 0 Å². The molecular formula is C27H24N2O4S. The molecule has 0 fully saturated rings. The standard InChI is InChI=1S/C27H24N2O4S/c30-26(20-33-27(21-11-4-1-5-12-21)22-13-6-2-7-14-22)28-23-15-10-16-24(19-23)29-34(31,32)25-17-8-3-9-18-25/h1-19,27,29H,20H2,(H,28,30). The lowest BCUT2D eigenvalue weighted by atomic mass is 10.0. The fourth-order valence-corrected chi connectivity index (χ4v) is 4.54. The smallest absolute Gasteiger partial charge is 0.261 e. The van der Waals surface area contributed by atoms with Crippen LogP contribution in [0.15, 0.2) is 120 Å². The molecule has 4 rings (SSSR count). The third-order valence-corrected chi connectivity index (χ3v) is 6.43. The number of anilines is 2. The van der Waals surface area contributed by atoms with Crippen molar-refractivity contribution in [3.05, 3.63) is 126 Å². The van der Waals surface area contributed by atoms with Gasteiger partial charge >= 0.3 is 0 Å². The molecule has 0 atom stereocenters. The maximum Gasteiger partial charge on any atom is 0.261 e. The zero-order valence-corrected chi connectivity index (χ0v) is 19.1. The average molecular weight is 473 g/mol. The summed E-state index contributed by atoms with van der Waals surface area (Å²) in [4.78, 5) is 12.8. The van der Waals surface area contributed by atoms with E-state index in [9.17, 15) is 13.2 Å². The van der Waals surface area contributed by atoms with Crippen LogP contribution in [0.5, 0.6) is 0 Å². The lowest BCUT2D eigenvalue weighted by molar-refractivity contribution is -0.121. The second-order valence-electron chi connectivity index (χ2n) is 7.56. The predicted molar refractivity (Wildman–Crippen MR) is 133 cm³/mol. The Labute approximate surface area is 199 Å². The molecule has 0 bridgehead atoms. The van der Waals surface area contributed by atoms with E-state index >= 15 is 0 Å². The van der Waals surface area contributed by atoms with Crippen molar-refractivity contribution < 1.29 is 17.9 Å². The van der Waals surface area contributed by atoms with Gasteiger partial charge in [-0.1, -0.05) is 84.9 Å². The lowest BCUT2D eigenvalue weighted by Crippen LogP contribution is -2.21. The van der Waals surface area contributed by atoms with Gasteiger partial charge in [0.05, 0.1) is 10.6 Å². The van der Waals surface area contributed by atoms with Crippen molar-refractivity contribution in [1.82, 2.24) is 0 Å². The highest BCUT2D eigenvalue weighted by molar-refractivity contribution is 7.92. The van der Waals surface area contributed by atoms with Crippen LogP contribution in [0.3, 0.4) is 0 Å². The normalized spacial score (nSPS) is 11.2. The first kappa shape index (κ1) is 23.2. The number of carbonyl (C=O) groups excluding carboxylic acids is 1. The van der Waals surface area contributed by atoms with E-state index in [-0.39, 0.29) is 17.4 Å². The second-order valence-corrected chi connectivity index (χ2v) is 9.24. The van der Waals surface area contributed by atoms with Gasteiger partial charge in [-0.05, 0) is 41.5 Å². The van der Waals surface area contributed by atoms with Gasteiger partial charge < -0.3 is 10.1 Å². The van der Waals surface area contributed by atoms with Gasteiger partial charge in [0.15, 0.2) is 0 Å². The minimum absolute atomic E-state index is 0.158.